The second-order valence-corrected chi connectivity index (χ2v) is 6.50. The van der Waals surface area contributed by atoms with E-state index in [9.17, 15) is 14.7 Å². The van der Waals surface area contributed by atoms with Crippen LogP contribution in [-0.2, 0) is 17.8 Å². The van der Waals surface area contributed by atoms with Gasteiger partial charge in [0.2, 0.25) is 5.91 Å². The molecule has 1 heterocycles. The summed E-state index contributed by atoms with van der Waals surface area (Å²) >= 11 is 1.64. The minimum Gasteiger partial charge on any atom is -0.478 e. The number of carboxylic acids is 1. The van der Waals surface area contributed by atoms with Crippen molar-refractivity contribution in [2.45, 2.75) is 31.8 Å². The predicted octanol–water partition coefficient (Wildman–Crippen LogP) is 3.18. The number of carbonyl (C=O) groups excluding carboxylic acids is 1. The quantitative estimate of drug-likeness (QED) is 0.890. The average molecular weight is 315 g/mol. The van der Waals surface area contributed by atoms with Gasteiger partial charge in [-0.2, -0.15) is 0 Å². The van der Waals surface area contributed by atoms with Crippen molar-refractivity contribution in [2.24, 2.45) is 0 Å². The number of nitrogens with zero attached hydrogens (tertiary/aromatic N) is 1. The Hall–Kier alpha value is -2.14. The monoisotopic (exact) mass is 315 g/mol. The molecule has 0 aliphatic heterocycles. The molecule has 0 bridgehead atoms. The van der Waals surface area contributed by atoms with Crippen LogP contribution in [0, 0.1) is 0 Å². The van der Waals surface area contributed by atoms with Crippen LogP contribution >= 0.6 is 11.3 Å². The van der Waals surface area contributed by atoms with Gasteiger partial charge in [-0.25, -0.2) is 4.79 Å². The van der Waals surface area contributed by atoms with Crippen molar-refractivity contribution in [3.63, 3.8) is 0 Å². The van der Waals surface area contributed by atoms with Crippen molar-refractivity contribution in [3.8, 4) is 0 Å². The highest BCUT2D eigenvalue weighted by Gasteiger charge is 2.33. The highest BCUT2D eigenvalue weighted by molar-refractivity contribution is 7.09. The van der Waals surface area contributed by atoms with Crippen LogP contribution in [0.15, 0.2) is 41.8 Å². The van der Waals surface area contributed by atoms with Crippen molar-refractivity contribution in [1.29, 1.82) is 0 Å². The maximum absolute atomic E-state index is 12.6. The van der Waals surface area contributed by atoms with Crippen LogP contribution in [0.5, 0.6) is 0 Å². The van der Waals surface area contributed by atoms with Gasteiger partial charge in [-0.1, -0.05) is 24.3 Å². The Morgan fingerprint density at radius 2 is 1.95 bits per heavy atom. The first kappa shape index (κ1) is 14.8. The van der Waals surface area contributed by atoms with E-state index in [0.717, 1.165) is 17.7 Å². The standard InChI is InChI=1S/C17H17NO3S/c19-16(10-12-4-1-2-6-15(12)17(20)21)18(13-7-8-13)11-14-5-3-9-22-14/h1-6,9,13H,7-8,10-11H2,(H,20,21). The minimum absolute atomic E-state index is 0.00426. The molecule has 1 aliphatic carbocycles. The fraction of sp³-hybridized carbons (Fsp3) is 0.294. The Labute approximate surface area is 133 Å². The molecule has 5 heteroatoms. The maximum Gasteiger partial charge on any atom is 0.335 e. The third kappa shape index (κ3) is 3.36. The first-order chi connectivity index (χ1) is 10.6. The molecule has 0 spiro atoms. The summed E-state index contributed by atoms with van der Waals surface area (Å²) in [5.41, 5.74) is 0.791. The Balaban J connectivity index is 1.76. The highest BCUT2D eigenvalue weighted by Crippen LogP contribution is 2.30. The van der Waals surface area contributed by atoms with Crippen LogP contribution in [0.2, 0.25) is 0 Å². The summed E-state index contributed by atoms with van der Waals surface area (Å²) in [5.74, 6) is -0.982. The van der Waals surface area contributed by atoms with Gasteiger partial charge in [0, 0.05) is 10.9 Å². The Morgan fingerprint density at radius 1 is 1.18 bits per heavy atom. The van der Waals surface area contributed by atoms with Crippen LogP contribution in [0.1, 0.15) is 33.6 Å². The molecule has 114 valence electrons. The largest absolute Gasteiger partial charge is 0.478 e. The molecule has 1 aliphatic rings. The molecule has 0 atom stereocenters. The van der Waals surface area contributed by atoms with E-state index in [1.165, 1.54) is 0 Å². The number of carbonyl (C=O) groups is 2. The van der Waals surface area contributed by atoms with Crippen LogP contribution in [-0.4, -0.2) is 27.9 Å². The van der Waals surface area contributed by atoms with Crippen LogP contribution < -0.4 is 0 Å². The van der Waals surface area contributed by atoms with Crippen LogP contribution in [0.4, 0.5) is 0 Å². The van der Waals surface area contributed by atoms with Gasteiger partial charge in [0.05, 0.1) is 18.5 Å². The summed E-state index contributed by atoms with van der Waals surface area (Å²) in [7, 11) is 0. The van der Waals surface area contributed by atoms with Crippen LogP contribution in [0.25, 0.3) is 0 Å². The molecule has 4 nitrogen and oxygen atoms in total. The number of thiophene rings is 1. The van der Waals surface area contributed by atoms with Crippen LogP contribution in [0.3, 0.4) is 0 Å². The van der Waals surface area contributed by atoms with E-state index in [0.29, 0.717) is 18.2 Å². The molecular weight excluding hydrogens is 298 g/mol. The number of benzene rings is 1. The summed E-state index contributed by atoms with van der Waals surface area (Å²) in [6.45, 7) is 0.621. The molecule has 0 radical (unpaired) electrons. The number of aromatic carboxylic acids is 1. The van der Waals surface area contributed by atoms with E-state index >= 15 is 0 Å². The fourth-order valence-electron chi connectivity index (χ4n) is 2.53. The second kappa shape index (κ2) is 6.32. The maximum atomic E-state index is 12.6. The molecule has 3 rings (SSSR count). The molecule has 1 N–H and O–H groups in total. The number of carboxylic acid groups (broad SMARTS) is 1. The zero-order valence-electron chi connectivity index (χ0n) is 12.1. The van der Waals surface area contributed by atoms with E-state index < -0.39 is 5.97 Å². The third-order valence-corrected chi connectivity index (χ3v) is 4.66. The highest BCUT2D eigenvalue weighted by atomic mass is 32.1. The first-order valence-corrected chi connectivity index (χ1v) is 8.16. The third-order valence-electron chi connectivity index (χ3n) is 3.80. The molecule has 1 aromatic heterocycles. The first-order valence-electron chi connectivity index (χ1n) is 7.28. The molecule has 1 fully saturated rings. The van der Waals surface area contributed by atoms with E-state index in [-0.39, 0.29) is 17.9 Å². The predicted molar refractivity (Wildman–Crippen MR) is 85.0 cm³/mol. The Bertz CT molecular complexity index is 677. The van der Waals surface area contributed by atoms with Crippen molar-refractivity contribution in [1.82, 2.24) is 4.90 Å². The van der Waals surface area contributed by atoms with E-state index in [2.05, 4.69) is 0 Å². The number of rotatable bonds is 6. The Kier molecular flexibility index (Phi) is 4.24. The number of hydrogen-bond acceptors (Lipinski definition) is 3. The van der Waals surface area contributed by atoms with Crippen molar-refractivity contribution in [3.05, 3.63) is 57.8 Å². The van der Waals surface area contributed by atoms with Crippen molar-refractivity contribution in [2.75, 3.05) is 0 Å². The van der Waals surface area contributed by atoms with Gasteiger partial charge in [0.15, 0.2) is 0 Å². The van der Waals surface area contributed by atoms with Gasteiger partial charge in [-0.05, 0) is 35.9 Å². The van der Waals surface area contributed by atoms with Gasteiger partial charge in [0.1, 0.15) is 0 Å². The molecule has 1 saturated carbocycles. The SMILES string of the molecule is O=C(O)c1ccccc1CC(=O)N(Cc1cccs1)C1CC1. The summed E-state index contributed by atoms with van der Waals surface area (Å²) in [6.07, 6.45) is 2.22. The molecule has 22 heavy (non-hydrogen) atoms. The molecule has 2 aromatic rings. The molecule has 1 aromatic carbocycles. The molecule has 1 amide bonds. The second-order valence-electron chi connectivity index (χ2n) is 5.47. The zero-order chi connectivity index (χ0) is 15.5. The normalized spacial score (nSPS) is 13.8. The van der Waals surface area contributed by atoms with Gasteiger partial charge in [-0.15, -0.1) is 11.3 Å². The van der Waals surface area contributed by atoms with Gasteiger partial charge in [0.25, 0.3) is 0 Å². The lowest BCUT2D eigenvalue weighted by atomic mass is 10.0. The lowest BCUT2D eigenvalue weighted by Gasteiger charge is -2.22. The fourth-order valence-corrected chi connectivity index (χ4v) is 3.23. The van der Waals surface area contributed by atoms with E-state index in [1.807, 2.05) is 22.4 Å². The lowest BCUT2D eigenvalue weighted by Crippen LogP contribution is -2.33. The summed E-state index contributed by atoms with van der Waals surface area (Å²) in [4.78, 5) is 26.9. The van der Waals surface area contributed by atoms with Crippen molar-refractivity contribution >= 4 is 23.2 Å². The minimum atomic E-state index is -0.986. The summed E-state index contributed by atoms with van der Waals surface area (Å²) in [5, 5.41) is 11.2. The molecular formula is C17H17NO3S. The van der Waals surface area contributed by atoms with Crippen molar-refractivity contribution < 1.29 is 14.7 Å². The molecule has 0 unspecified atom stereocenters. The van der Waals surface area contributed by atoms with Gasteiger partial charge >= 0.3 is 5.97 Å². The lowest BCUT2D eigenvalue weighted by molar-refractivity contribution is -0.131. The zero-order valence-corrected chi connectivity index (χ0v) is 12.9. The number of amides is 1. The van der Waals surface area contributed by atoms with Gasteiger partial charge < -0.3 is 10.0 Å². The van der Waals surface area contributed by atoms with E-state index in [1.54, 1.807) is 35.6 Å². The molecule has 0 saturated heterocycles. The Morgan fingerprint density at radius 3 is 2.59 bits per heavy atom. The van der Waals surface area contributed by atoms with Gasteiger partial charge in [-0.3, -0.25) is 4.79 Å². The average Bonchev–Trinajstić information content (AvgIpc) is 3.21. The smallest absolute Gasteiger partial charge is 0.335 e. The summed E-state index contributed by atoms with van der Waals surface area (Å²) < 4.78 is 0. The number of hydrogen-bond donors (Lipinski definition) is 1. The summed E-state index contributed by atoms with van der Waals surface area (Å²) in [6, 6.07) is 11.0. The topological polar surface area (TPSA) is 57.6 Å². The van der Waals surface area contributed by atoms with E-state index in [4.69, 9.17) is 0 Å².